The van der Waals surface area contributed by atoms with Gasteiger partial charge in [0.15, 0.2) is 12.6 Å². The largest absolute Gasteiger partial charge is 0.368 e. The minimum absolute atomic E-state index is 0.170. The van der Waals surface area contributed by atoms with Crippen molar-refractivity contribution < 1.29 is 33.7 Å². The normalized spacial score (nSPS) is 15.8. The molecule has 0 aliphatic heterocycles. The smallest absolute Gasteiger partial charge is 0.316 e. The third kappa shape index (κ3) is 12.7. The van der Waals surface area contributed by atoms with Gasteiger partial charge in [0, 0.05) is 0 Å². The summed E-state index contributed by atoms with van der Waals surface area (Å²) in [6, 6.07) is 0. The van der Waals surface area contributed by atoms with Gasteiger partial charge in [0.05, 0.1) is 19.8 Å². The van der Waals surface area contributed by atoms with Crippen molar-refractivity contribution in [3.05, 3.63) is 12.2 Å². The molecular weight excluding hydrogens is 287 g/mol. The van der Waals surface area contributed by atoms with Crippen LogP contribution in [0, 0.1) is 0 Å². The predicted octanol–water partition coefficient (Wildman–Crippen LogP) is 1.19. The minimum Gasteiger partial charge on any atom is -0.368 e. The summed E-state index contributed by atoms with van der Waals surface area (Å²) >= 11 is 0. The van der Waals surface area contributed by atoms with Crippen LogP contribution in [0.4, 0.5) is 0 Å². The van der Waals surface area contributed by atoms with Gasteiger partial charge in [-0.2, -0.15) is 0 Å². The molecule has 7 nitrogen and oxygen atoms in total. The molecule has 0 amide bonds. The van der Waals surface area contributed by atoms with Crippen molar-refractivity contribution in [2.45, 2.75) is 45.2 Å². The lowest BCUT2D eigenvalue weighted by Crippen LogP contribution is -2.20. The molecule has 0 spiro atoms. The molecule has 0 rings (SSSR count). The summed E-state index contributed by atoms with van der Waals surface area (Å²) in [5.74, 6) is 0. The van der Waals surface area contributed by atoms with Crippen LogP contribution in [0.15, 0.2) is 12.2 Å². The molecule has 0 fully saturated rings. The van der Waals surface area contributed by atoms with Crippen LogP contribution in [0.2, 0.25) is 0 Å². The van der Waals surface area contributed by atoms with Gasteiger partial charge in [0.25, 0.3) is 0 Å². The summed E-state index contributed by atoms with van der Waals surface area (Å²) in [6.45, 7) is 5.79. The maximum Gasteiger partial charge on any atom is 0.316 e. The molecule has 0 aliphatic rings. The highest BCUT2D eigenvalue weighted by Crippen LogP contribution is 2.15. The Morgan fingerprint density at radius 1 is 1.15 bits per heavy atom. The highest BCUT2D eigenvalue weighted by Gasteiger charge is 2.06. The van der Waals surface area contributed by atoms with Crippen LogP contribution in [0.3, 0.4) is 0 Å². The van der Waals surface area contributed by atoms with E-state index in [4.69, 9.17) is 14.4 Å². The molecule has 20 heavy (non-hydrogen) atoms. The van der Waals surface area contributed by atoms with Crippen molar-refractivity contribution in [3.8, 4) is 0 Å². The van der Waals surface area contributed by atoms with E-state index in [1.165, 1.54) is 0 Å². The van der Waals surface area contributed by atoms with Gasteiger partial charge in [-0.15, -0.1) is 0 Å². The van der Waals surface area contributed by atoms with Crippen molar-refractivity contribution in [3.63, 3.8) is 0 Å². The van der Waals surface area contributed by atoms with E-state index in [0.717, 1.165) is 12.8 Å². The molecule has 3 unspecified atom stereocenters. The monoisotopic (exact) mass is 312 g/mol. The molecule has 0 saturated carbocycles. The maximum atomic E-state index is 10.2. The van der Waals surface area contributed by atoms with Crippen molar-refractivity contribution in [2.75, 3.05) is 19.8 Å². The zero-order valence-electron chi connectivity index (χ0n) is 11.8. The molecule has 0 aromatic carbocycles. The molecule has 0 aliphatic carbocycles. The van der Waals surface area contributed by atoms with Crippen molar-refractivity contribution in [1.29, 1.82) is 0 Å². The number of hydrogen-bond donors (Lipinski definition) is 3. The zero-order valence-corrected chi connectivity index (χ0v) is 12.8. The number of aliphatic hydroxyl groups is 2. The third-order valence-electron chi connectivity index (χ3n) is 2.41. The second kappa shape index (κ2) is 12.5. The highest BCUT2D eigenvalue weighted by atomic mass is 31.1. The maximum absolute atomic E-state index is 10.2. The van der Waals surface area contributed by atoms with Gasteiger partial charge in [-0.05, 0) is 31.8 Å². The van der Waals surface area contributed by atoms with E-state index in [9.17, 15) is 14.8 Å². The van der Waals surface area contributed by atoms with Crippen LogP contribution in [0.5, 0.6) is 0 Å². The fraction of sp³-hybridized carbons (Fsp3) is 0.833. The molecule has 0 bridgehead atoms. The molecule has 3 atom stereocenters. The standard InChI is InChI=1S/C12H25O7P/c1-10(2)12(14)18-9-8-17-11(13)6-4-3-5-7-19-20(15)16/h11-14,20H,1,3-9H2,2H3,(H,15,16). The van der Waals surface area contributed by atoms with Gasteiger partial charge in [-0.3, -0.25) is 4.57 Å². The summed E-state index contributed by atoms with van der Waals surface area (Å²) in [6.07, 6.45) is 0.759. The Bertz CT molecular complexity index is 285. The SMILES string of the molecule is C=C(C)C(O)OCCOC(O)CCCCCO[PH](=O)O. The summed E-state index contributed by atoms with van der Waals surface area (Å²) in [4.78, 5) is 8.42. The first kappa shape index (κ1) is 19.7. The topological polar surface area (TPSA) is 105 Å². The number of aliphatic hydroxyl groups excluding tert-OH is 2. The summed E-state index contributed by atoms with van der Waals surface area (Å²) in [5.41, 5.74) is 0.512. The lowest BCUT2D eigenvalue weighted by molar-refractivity contribution is -0.140. The number of rotatable bonds is 13. The van der Waals surface area contributed by atoms with Gasteiger partial charge in [0.2, 0.25) is 0 Å². The molecule has 0 aromatic heterocycles. The predicted molar refractivity (Wildman–Crippen MR) is 74.4 cm³/mol. The lowest BCUT2D eigenvalue weighted by atomic mass is 10.2. The first-order valence-electron chi connectivity index (χ1n) is 6.54. The van der Waals surface area contributed by atoms with E-state index in [0.29, 0.717) is 18.4 Å². The fourth-order valence-corrected chi connectivity index (χ4v) is 1.65. The average molecular weight is 312 g/mol. The van der Waals surface area contributed by atoms with Crippen LogP contribution in [-0.4, -0.2) is 47.5 Å². The lowest BCUT2D eigenvalue weighted by Gasteiger charge is -2.14. The van der Waals surface area contributed by atoms with E-state index < -0.39 is 20.8 Å². The Balaban J connectivity index is 3.35. The van der Waals surface area contributed by atoms with Crippen LogP contribution in [0.1, 0.15) is 32.6 Å². The number of hydrogen-bond acceptors (Lipinski definition) is 6. The Hall–Kier alpha value is -0.270. The Morgan fingerprint density at radius 2 is 1.80 bits per heavy atom. The number of unbranched alkanes of at least 4 members (excludes halogenated alkanes) is 2. The van der Waals surface area contributed by atoms with Crippen molar-refractivity contribution in [2.24, 2.45) is 0 Å². The van der Waals surface area contributed by atoms with Crippen molar-refractivity contribution in [1.82, 2.24) is 0 Å². The Morgan fingerprint density at radius 3 is 2.40 bits per heavy atom. The molecule has 0 heterocycles. The summed E-state index contributed by atoms with van der Waals surface area (Å²) in [7, 11) is -2.83. The quantitative estimate of drug-likeness (QED) is 0.203. The molecular formula is C12H25O7P. The van der Waals surface area contributed by atoms with E-state index >= 15 is 0 Å². The minimum atomic E-state index is -2.83. The molecule has 0 radical (unpaired) electrons. The van der Waals surface area contributed by atoms with Gasteiger partial charge in [-0.1, -0.05) is 13.0 Å². The highest BCUT2D eigenvalue weighted by molar-refractivity contribution is 7.32. The van der Waals surface area contributed by atoms with Gasteiger partial charge in [0.1, 0.15) is 0 Å². The van der Waals surface area contributed by atoms with E-state index in [1.54, 1.807) is 6.92 Å². The van der Waals surface area contributed by atoms with Crippen LogP contribution in [-0.2, 0) is 18.6 Å². The molecule has 0 aromatic rings. The van der Waals surface area contributed by atoms with Gasteiger partial charge >= 0.3 is 8.25 Å². The molecule has 3 N–H and O–H groups in total. The Kier molecular flexibility index (Phi) is 12.3. The summed E-state index contributed by atoms with van der Waals surface area (Å²) < 4.78 is 24.9. The van der Waals surface area contributed by atoms with Gasteiger partial charge < -0.3 is 29.1 Å². The third-order valence-corrected chi connectivity index (χ3v) is 2.86. The summed E-state index contributed by atoms with van der Waals surface area (Å²) in [5, 5.41) is 18.8. The van der Waals surface area contributed by atoms with E-state index in [-0.39, 0.29) is 19.8 Å². The fourth-order valence-electron chi connectivity index (χ4n) is 1.33. The molecule has 8 heteroatoms. The molecule has 0 saturated heterocycles. The molecule has 120 valence electrons. The first-order chi connectivity index (χ1) is 9.43. The first-order valence-corrected chi connectivity index (χ1v) is 7.80. The Labute approximate surface area is 120 Å². The van der Waals surface area contributed by atoms with Crippen LogP contribution in [0.25, 0.3) is 0 Å². The zero-order chi connectivity index (χ0) is 15.4. The van der Waals surface area contributed by atoms with Crippen molar-refractivity contribution >= 4 is 8.25 Å². The average Bonchev–Trinajstić information content (AvgIpc) is 2.37. The van der Waals surface area contributed by atoms with Gasteiger partial charge in [-0.25, -0.2) is 0 Å². The van der Waals surface area contributed by atoms with E-state index in [1.807, 2.05) is 0 Å². The van der Waals surface area contributed by atoms with E-state index in [2.05, 4.69) is 11.1 Å². The second-order valence-electron chi connectivity index (χ2n) is 4.36. The van der Waals surface area contributed by atoms with Crippen LogP contribution < -0.4 is 0 Å². The van der Waals surface area contributed by atoms with Crippen LogP contribution >= 0.6 is 8.25 Å². The second-order valence-corrected chi connectivity index (χ2v) is 5.18. The number of ether oxygens (including phenoxy) is 2.